The molecule has 0 rings (SSSR count). The van der Waals surface area contributed by atoms with Gasteiger partial charge in [0.2, 0.25) is 0 Å². The van der Waals surface area contributed by atoms with Crippen molar-refractivity contribution in [3.05, 3.63) is 0 Å². The lowest BCUT2D eigenvalue weighted by molar-refractivity contribution is -0.848. The second-order valence-electron chi connectivity index (χ2n) is 1.58. The summed E-state index contributed by atoms with van der Waals surface area (Å²) >= 11 is 0. The fourth-order valence-electron chi connectivity index (χ4n) is 0.167. The Bertz CT molecular complexity index is 42.8. The van der Waals surface area contributed by atoms with Crippen molar-refractivity contribution >= 4 is 6.29 Å². The summed E-state index contributed by atoms with van der Waals surface area (Å²) in [6.07, 6.45) is 0.912. The Balaban J connectivity index is 2.81. The lowest BCUT2D eigenvalue weighted by Crippen LogP contribution is -3.06. The van der Waals surface area contributed by atoms with E-state index in [4.69, 9.17) is 0 Å². The third-order valence-corrected chi connectivity index (χ3v) is 0.492. The van der Waals surface area contributed by atoms with E-state index >= 15 is 0 Å². The van der Waals surface area contributed by atoms with Gasteiger partial charge in [-0.25, -0.2) is 0 Å². The molecule has 0 aromatic rings. The highest BCUT2D eigenvalue weighted by Crippen LogP contribution is 1.23. The van der Waals surface area contributed by atoms with Gasteiger partial charge in [-0.2, -0.15) is 0 Å². The average molecular weight is 88.1 g/mol. The lowest BCUT2D eigenvalue weighted by atomic mass is 10.7. The molecule has 0 spiro atoms. The second kappa shape index (κ2) is 2.85. The minimum atomic E-state index is 0.611. The highest BCUT2D eigenvalue weighted by molar-refractivity contribution is 5.49. The van der Waals surface area contributed by atoms with Crippen LogP contribution >= 0.6 is 0 Å². The van der Waals surface area contributed by atoms with E-state index in [1.54, 1.807) is 0 Å². The zero-order valence-electron chi connectivity index (χ0n) is 4.19. The maximum atomic E-state index is 9.59. The van der Waals surface area contributed by atoms with Crippen LogP contribution in [0.1, 0.15) is 0 Å². The molecular formula is C4H10NO+. The Morgan fingerprint density at radius 1 is 1.67 bits per heavy atom. The van der Waals surface area contributed by atoms with Crippen molar-refractivity contribution < 1.29 is 9.69 Å². The van der Waals surface area contributed by atoms with Crippen molar-refractivity contribution in [1.82, 2.24) is 0 Å². The van der Waals surface area contributed by atoms with E-state index < -0.39 is 0 Å². The Morgan fingerprint density at radius 2 is 2.17 bits per heavy atom. The molecule has 1 N–H and O–H groups in total. The highest BCUT2D eigenvalue weighted by atomic mass is 16.1. The normalized spacial score (nSPS) is 9.17. The summed E-state index contributed by atoms with van der Waals surface area (Å²) in [5.41, 5.74) is 0. The van der Waals surface area contributed by atoms with Crippen molar-refractivity contribution in [2.75, 3.05) is 20.6 Å². The van der Waals surface area contributed by atoms with Crippen LogP contribution in [0, 0.1) is 0 Å². The molecule has 0 unspecified atom stereocenters. The molecule has 0 aromatic heterocycles. The minimum Gasteiger partial charge on any atom is -0.334 e. The van der Waals surface area contributed by atoms with Gasteiger partial charge in [0, 0.05) is 0 Å². The van der Waals surface area contributed by atoms with Gasteiger partial charge in [0.25, 0.3) is 0 Å². The van der Waals surface area contributed by atoms with Crippen LogP contribution in [0.15, 0.2) is 0 Å². The van der Waals surface area contributed by atoms with Gasteiger partial charge in [0.1, 0.15) is 6.54 Å². The standard InChI is InChI=1S/C4H9NO/c1-5(2)3-4-6/h4H,3H2,1-2H3/p+1. The summed E-state index contributed by atoms with van der Waals surface area (Å²) in [6, 6.07) is 0. The maximum Gasteiger partial charge on any atom is 0.174 e. The Labute approximate surface area is 37.8 Å². The number of likely N-dealkylation sites (N-methyl/N-ethyl adjacent to an activating group) is 1. The Hall–Kier alpha value is -0.370. The van der Waals surface area contributed by atoms with Gasteiger partial charge in [0.05, 0.1) is 14.1 Å². The smallest absolute Gasteiger partial charge is 0.174 e. The highest BCUT2D eigenvalue weighted by Gasteiger charge is 1.83. The summed E-state index contributed by atoms with van der Waals surface area (Å²) < 4.78 is 0. The fraction of sp³-hybridized carbons (Fsp3) is 0.750. The van der Waals surface area contributed by atoms with Crippen LogP contribution in [-0.4, -0.2) is 26.9 Å². The molecule has 0 fully saturated rings. The van der Waals surface area contributed by atoms with E-state index in [2.05, 4.69) is 0 Å². The summed E-state index contributed by atoms with van der Waals surface area (Å²) in [5, 5.41) is 0. The van der Waals surface area contributed by atoms with E-state index in [9.17, 15) is 4.79 Å². The largest absolute Gasteiger partial charge is 0.334 e. The van der Waals surface area contributed by atoms with Gasteiger partial charge in [-0.1, -0.05) is 0 Å². The van der Waals surface area contributed by atoms with Gasteiger partial charge >= 0.3 is 0 Å². The van der Waals surface area contributed by atoms with Crippen LogP contribution in [0.5, 0.6) is 0 Å². The number of nitrogens with one attached hydrogen (secondary N) is 1. The monoisotopic (exact) mass is 88.1 g/mol. The minimum absolute atomic E-state index is 0.611. The van der Waals surface area contributed by atoms with E-state index in [0.29, 0.717) is 6.54 Å². The van der Waals surface area contributed by atoms with Crippen LogP contribution in [0.3, 0.4) is 0 Å². The number of hydrogen-bond acceptors (Lipinski definition) is 1. The van der Waals surface area contributed by atoms with E-state index in [-0.39, 0.29) is 0 Å². The van der Waals surface area contributed by atoms with Crippen LogP contribution < -0.4 is 4.90 Å². The Morgan fingerprint density at radius 3 is 2.17 bits per heavy atom. The van der Waals surface area contributed by atoms with E-state index in [0.717, 1.165) is 6.29 Å². The molecule has 2 nitrogen and oxygen atoms in total. The summed E-state index contributed by atoms with van der Waals surface area (Å²) in [5.74, 6) is 0. The lowest BCUT2D eigenvalue weighted by Gasteiger charge is -1.96. The average Bonchev–Trinajstić information content (AvgIpc) is 1.35. The zero-order valence-corrected chi connectivity index (χ0v) is 4.19. The predicted molar refractivity (Wildman–Crippen MR) is 23.7 cm³/mol. The van der Waals surface area contributed by atoms with Crippen LogP contribution in [0.4, 0.5) is 0 Å². The molecule has 0 atom stereocenters. The maximum absolute atomic E-state index is 9.59. The number of rotatable bonds is 2. The summed E-state index contributed by atoms with van der Waals surface area (Å²) in [4.78, 5) is 10.8. The predicted octanol–water partition coefficient (Wildman–Crippen LogP) is -1.67. The van der Waals surface area contributed by atoms with Crippen molar-refractivity contribution in [3.63, 3.8) is 0 Å². The Kier molecular flexibility index (Phi) is 2.67. The molecule has 0 amide bonds. The fourth-order valence-corrected chi connectivity index (χ4v) is 0.167. The molecule has 0 bridgehead atoms. The molecule has 0 aliphatic carbocycles. The number of carbonyl (C=O) groups is 1. The van der Waals surface area contributed by atoms with Gasteiger partial charge in [-0.3, -0.25) is 4.79 Å². The van der Waals surface area contributed by atoms with Gasteiger partial charge in [-0.05, 0) is 0 Å². The van der Waals surface area contributed by atoms with Crippen molar-refractivity contribution in [2.24, 2.45) is 0 Å². The van der Waals surface area contributed by atoms with E-state index in [1.165, 1.54) is 4.90 Å². The molecule has 0 aromatic carbocycles. The second-order valence-corrected chi connectivity index (χ2v) is 1.58. The van der Waals surface area contributed by atoms with Gasteiger partial charge in [0.15, 0.2) is 6.29 Å². The number of quaternary nitrogens is 1. The first-order chi connectivity index (χ1) is 2.77. The quantitative estimate of drug-likeness (QED) is 0.400. The summed E-state index contributed by atoms with van der Waals surface area (Å²) in [7, 11) is 3.88. The molecule has 0 radical (unpaired) electrons. The number of carbonyl (C=O) groups excluding carboxylic acids is 1. The SMILES string of the molecule is C[NH+](C)CC=O. The molecule has 0 heterocycles. The van der Waals surface area contributed by atoms with E-state index in [1.807, 2.05) is 14.1 Å². The van der Waals surface area contributed by atoms with Crippen molar-refractivity contribution in [3.8, 4) is 0 Å². The third-order valence-electron chi connectivity index (χ3n) is 0.492. The molecule has 2 heteroatoms. The molecule has 0 aliphatic rings. The van der Waals surface area contributed by atoms with Crippen LogP contribution in [0.25, 0.3) is 0 Å². The molecule has 0 saturated heterocycles. The molecule has 6 heavy (non-hydrogen) atoms. The first kappa shape index (κ1) is 5.63. The molecule has 0 saturated carbocycles. The number of hydrogen-bond donors (Lipinski definition) is 1. The van der Waals surface area contributed by atoms with Crippen molar-refractivity contribution in [2.45, 2.75) is 0 Å². The third kappa shape index (κ3) is 3.63. The zero-order chi connectivity index (χ0) is 4.99. The molecule has 36 valence electrons. The van der Waals surface area contributed by atoms with Crippen LogP contribution in [0.2, 0.25) is 0 Å². The first-order valence-corrected chi connectivity index (χ1v) is 2.00. The van der Waals surface area contributed by atoms with Crippen LogP contribution in [-0.2, 0) is 4.79 Å². The molecular weight excluding hydrogens is 78.0 g/mol. The topological polar surface area (TPSA) is 21.5 Å². The first-order valence-electron chi connectivity index (χ1n) is 2.00. The van der Waals surface area contributed by atoms with Gasteiger partial charge in [-0.15, -0.1) is 0 Å². The van der Waals surface area contributed by atoms with Gasteiger partial charge < -0.3 is 4.90 Å². The van der Waals surface area contributed by atoms with Crippen molar-refractivity contribution in [1.29, 1.82) is 0 Å². The summed E-state index contributed by atoms with van der Waals surface area (Å²) in [6.45, 7) is 0.611. The molecule has 0 aliphatic heterocycles. The number of aldehydes is 1.